The summed E-state index contributed by atoms with van der Waals surface area (Å²) < 4.78 is 26.5. The van der Waals surface area contributed by atoms with Crippen molar-refractivity contribution >= 4 is 15.7 Å². The molecule has 0 saturated carbocycles. The first-order valence-corrected chi connectivity index (χ1v) is 6.51. The Labute approximate surface area is 91.1 Å². The Kier molecular flexibility index (Phi) is 4.73. The molecule has 0 aliphatic carbocycles. The van der Waals surface area contributed by atoms with Crippen LogP contribution in [0.25, 0.3) is 0 Å². The molecule has 0 heterocycles. The Morgan fingerprint density at radius 3 is 2.27 bits per heavy atom. The molecule has 1 amide bonds. The standard InChI is InChI=1S/C9H19NO4S/c1-7(14-4)8(11)10-6-9(2,3)15(5,12)13/h7H,6H2,1-5H3,(H,10,11). The lowest BCUT2D eigenvalue weighted by Crippen LogP contribution is -2.46. The van der Waals surface area contributed by atoms with Gasteiger partial charge >= 0.3 is 0 Å². The van der Waals surface area contributed by atoms with E-state index in [1.54, 1.807) is 20.8 Å². The van der Waals surface area contributed by atoms with E-state index in [1.165, 1.54) is 7.11 Å². The fourth-order valence-electron chi connectivity index (χ4n) is 0.682. The molecule has 0 aliphatic rings. The minimum atomic E-state index is -3.19. The number of amides is 1. The number of rotatable bonds is 5. The molecule has 0 rings (SSSR count). The van der Waals surface area contributed by atoms with Crippen LogP contribution in [0, 0.1) is 0 Å². The Balaban J connectivity index is 4.35. The van der Waals surface area contributed by atoms with Crippen LogP contribution in [0.2, 0.25) is 0 Å². The summed E-state index contributed by atoms with van der Waals surface area (Å²) in [4.78, 5) is 11.3. The highest BCUT2D eigenvalue weighted by molar-refractivity contribution is 7.92. The van der Waals surface area contributed by atoms with Crippen LogP contribution in [-0.2, 0) is 19.4 Å². The Morgan fingerprint density at radius 1 is 1.47 bits per heavy atom. The predicted molar refractivity (Wildman–Crippen MR) is 58.4 cm³/mol. The van der Waals surface area contributed by atoms with Crippen molar-refractivity contribution in [2.45, 2.75) is 31.6 Å². The Morgan fingerprint density at radius 2 is 1.93 bits per heavy atom. The van der Waals surface area contributed by atoms with Crippen molar-refractivity contribution in [2.24, 2.45) is 0 Å². The first kappa shape index (κ1) is 14.4. The molecule has 0 aliphatic heterocycles. The summed E-state index contributed by atoms with van der Waals surface area (Å²) in [5.74, 6) is -0.311. The van der Waals surface area contributed by atoms with Crippen LogP contribution in [0.15, 0.2) is 0 Å². The number of ether oxygens (including phenoxy) is 1. The van der Waals surface area contributed by atoms with Gasteiger partial charge in [-0.1, -0.05) is 0 Å². The molecule has 0 bridgehead atoms. The van der Waals surface area contributed by atoms with Gasteiger partial charge in [0, 0.05) is 19.9 Å². The summed E-state index contributed by atoms with van der Waals surface area (Å²) in [6.45, 7) is 4.82. The van der Waals surface area contributed by atoms with Crippen LogP contribution in [0.4, 0.5) is 0 Å². The van der Waals surface area contributed by atoms with E-state index < -0.39 is 20.7 Å². The van der Waals surface area contributed by atoms with Gasteiger partial charge in [0.1, 0.15) is 6.10 Å². The van der Waals surface area contributed by atoms with E-state index in [0.29, 0.717) is 0 Å². The number of hydrogen-bond donors (Lipinski definition) is 1. The summed E-state index contributed by atoms with van der Waals surface area (Å²) in [7, 11) is -1.76. The molecule has 0 fully saturated rings. The smallest absolute Gasteiger partial charge is 0.248 e. The van der Waals surface area contributed by atoms with Gasteiger partial charge in [0.25, 0.3) is 0 Å². The van der Waals surface area contributed by atoms with Crippen LogP contribution in [-0.4, -0.2) is 45.1 Å². The van der Waals surface area contributed by atoms with Crippen molar-refractivity contribution in [3.05, 3.63) is 0 Å². The topological polar surface area (TPSA) is 72.5 Å². The first-order chi connectivity index (χ1) is 6.62. The quantitative estimate of drug-likeness (QED) is 0.728. The van der Waals surface area contributed by atoms with E-state index >= 15 is 0 Å². The molecule has 1 unspecified atom stereocenters. The fraction of sp³-hybridized carbons (Fsp3) is 0.889. The molecule has 0 aromatic rings. The van der Waals surface area contributed by atoms with Crippen LogP contribution in [0.3, 0.4) is 0 Å². The van der Waals surface area contributed by atoms with E-state index in [4.69, 9.17) is 4.74 Å². The third-order valence-electron chi connectivity index (χ3n) is 2.41. The van der Waals surface area contributed by atoms with Crippen molar-refractivity contribution in [1.29, 1.82) is 0 Å². The molecule has 90 valence electrons. The number of sulfone groups is 1. The van der Waals surface area contributed by atoms with Crippen LogP contribution < -0.4 is 5.32 Å². The van der Waals surface area contributed by atoms with Gasteiger partial charge in [0.05, 0.1) is 4.75 Å². The third kappa shape index (κ3) is 4.17. The van der Waals surface area contributed by atoms with Crippen molar-refractivity contribution in [3.63, 3.8) is 0 Å². The minimum absolute atomic E-state index is 0.0817. The van der Waals surface area contributed by atoms with Crippen molar-refractivity contribution in [2.75, 3.05) is 19.9 Å². The predicted octanol–water partition coefficient (Wildman–Crippen LogP) is -0.0393. The maximum Gasteiger partial charge on any atom is 0.248 e. The number of methoxy groups -OCH3 is 1. The van der Waals surface area contributed by atoms with Crippen LogP contribution in [0.5, 0.6) is 0 Å². The largest absolute Gasteiger partial charge is 0.372 e. The van der Waals surface area contributed by atoms with E-state index in [1.807, 2.05) is 0 Å². The van der Waals surface area contributed by atoms with E-state index in [2.05, 4.69) is 5.32 Å². The van der Waals surface area contributed by atoms with Crippen molar-refractivity contribution in [3.8, 4) is 0 Å². The van der Waals surface area contributed by atoms with Gasteiger partial charge < -0.3 is 10.1 Å². The second kappa shape index (κ2) is 4.94. The summed E-state index contributed by atoms with van der Waals surface area (Å²) in [6, 6.07) is 0. The maximum atomic E-state index is 11.3. The molecule has 1 atom stereocenters. The first-order valence-electron chi connectivity index (χ1n) is 4.62. The van der Waals surface area contributed by atoms with E-state index in [9.17, 15) is 13.2 Å². The number of carbonyl (C=O) groups excluding carboxylic acids is 1. The molecule has 0 saturated heterocycles. The normalized spacial score (nSPS) is 14.7. The van der Waals surface area contributed by atoms with Gasteiger partial charge in [-0.3, -0.25) is 4.79 Å². The summed E-state index contributed by atoms with van der Waals surface area (Å²) in [6.07, 6.45) is 0.583. The van der Waals surface area contributed by atoms with Gasteiger partial charge in [-0.2, -0.15) is 0 Å². The summed E-state index contributed by atoms with van der Waals surface area (Å²) >= 11 is 0. The molecule has 0 aromatic carbocycles. The van der Waals surface area contributed by atoms with Gasteiger partial charge in [0.2, 0.25) is 5.91 Å². The zero-order valence-corrected chi connectivity index (χ0v) is 10.6. The van der Waals surface area contributed by atoms with Crippen LogP contribution in [0.1, 0.15) is 20.8 Å². The maximum absolute atomic E-state index is 11.3. The summed E-state index contributed by atoms with van der Waals surface area (Å²) in [5.41, 5.74) is 0. The lowest BCUT2D eigenvalue weighted by molar-refractivity contribution is -0.130. The van der Waals surface area contributed by atoms with Gasteiger partial charge in [-0.15, -0.1) is 0 Å². The Hall–Kier alpha value is -0.620. The molecular formula is C9H19NO4S. The lowest BCUT2D eigenvalue weighted by Gasteiger charge is -2.23. The molecule has 5 nitrogen and oxygen atoms in total. The zero-order chi connectivity index (χ0) is 12.3. The molecular weight excluding hydrogens is 218 g/mol. The second-order valence-electron chi connectivity index (χ2n) is 4.13. The monoisotopic (exact) mass is 237 g/mol. The van der Waals surface area contributed by atoms with Gasteiger partial charge in [-0.05, 0) is 20.8 Å². The number of hydrogen-bond acceptors (Lipinski definition) is 4. The minimum Gasteiger partial charge on any atom is -0.372 e. The summed E-state index contributed by atoms with van der Waals surface area (Å²) in [5, 5.41) is 2.54. The van der Waals surface area contributed by atoms with Crippen molar-refractivity contribution < 1.29 is 17.9 Å². The molecule has 0 radical (unpaired) electrons. The average molecular weight is 237 g/mol. The zero-order valence-electron chi connectivity index (χ0n) is 9.83. The molecule has 6 heteroatoms. The highest BCUT2D eigenvalue weighted by atomic mass is 32.2. The molecule has 0 aromatic heterocycles. The molecule has 1 N–H and O–H groups in total. The molecule has 15 heavy (non-hydrogen) atoms. The molecule has 0 spiro atoms. The number of carbonyl (C=O) groups is 1. The highest BCUT2D eigenvalue weighted by Crippen LogP contribution is 2.13. The van der Waals surface area contributed by atoms with Gasteiger partial charge in [-0.25, -0.2) is 8.42 Å². The fourth-order valence-corrected chi connectivity index (χ4v) is 1.02. The average Bonchev–Trinajstić information content (AvgIpc) is 2.11. The van der Waals surface area contributed by atoms with Crippen molar-refractivity contribution in [1.82, 2.24) is 5.32 Å². The van der Waals surface area contributed by atoms with Gasteiger partial charge in [0.15, 0.2) is 9.84 Å². The Bertz CT molecular complexity index is 321. The number of nitrogens with one attached hydrogen (secondary N) is 1. The van der Waals surface area contributed by atoms with Crippen LogP contribution >= 0.6 is 0 Å². The third-order valence-corrected chi connectivity index (χ3v) is 4.57. The van der Waals surface area contributed by atoms with E-state index in [-0.39, 0.29) is 12.5 Å². The lowest BCUT2D eigenvalue weighted by atomic mass is 10.2. The highest BCUT2D eigenvalue weighted by Gasteiger charge is 2.30. The SMILES string of the molecule is COC(C)C(=O)NCC(C)(C)S(C)(=O)=O. The van der Waals surface area contributed by atoms with E-state index in [0.717, 1.165) is 6.26 Å². The second-order valence-corrected chi connectivity index (χ2v) is 6.78.